The van der Waals surface area contributed by atoms with Crippen molar-refractivity contribution in [2.45, 2.75) is 33.2 Å². The van der Waals surface area contributed by atoms with E-state index in [-0.39, 0.29) is 29.7 Å². The summed E-state index contributed by atoms with van der Waals surface area (Å²) in [6, 6.07) is 7.40. The average molecular weight is 331 g/mol. The fourth-order valence-electron chi connectivity index (χ4n) is 2.33. The average Bonchev–Trinajstić information content (AvgIpc) is 2.85. The first-order valence-corrected chi connectivity index (χ1v) is 7.66. The van der Waals surface area contributed by atoms with Crippen LogP contribution < -0.4 is 10.1 Å². The minimum Gasteiger partial charge on any atom is -0.491 e. The molecule has 0 spiro atoms. The van der Waals surface area contributed by atoms with Crippen molar-refractivity contribution in [3.05, 3.63) is 53.0 Å². The normalized spacial score (nSPS) is 11.8. The Balaban J connectivity index is 1.96. The summed E-state index contributed by atoms with van der Waals surface area (Å²) in [6.07, 6.45) is 1.06. The maximum absolute atomic E-state index is 12.4. The smallest absolute Gasteiger partial charge is 0.311 e. The van der Waals surface area contributed by atoms with E-state index in [9.17, 15) is 9.59 Å². The van der Waals surface area contributed by atoms with Crippen molar-refractivity contribution >= 4 is 11.9 Å². The van der Waals surface area contributed by atoms with Crippen molar-refractivity contribution in [3.8, 4) is 5.75 Å². The molecule has 2 N–H and O–H groups in total. The van der Waals surface area contributed by atoms with E-state index in [1.165, 1.54) is 6.26 Å². The molecule has 0 saturated heterocycles. The molecule has 1 atom stereocenters. The summed E-state index contributed by atoms with van der Waals surface area (Å²) in [7, 11) is 0. The summed E-state index contributed by atoms with van der Waals surface area (Å²) in [4.78, 5) is 23.2. The largest absolute Gasteiger partial charge is 0.491 e. The maximum atomic E-state index is 12.4. The summed E-state index contributed by atoms with van der Waals surface area (Å²) in [5.74, 6) is -0.515. The van der Waals surface area contributed by atoms with E-state index in [2.05, 4.69) is 5.32 Å². The summed E-state index contributed by atoms with van der Waals surface area (Å²) in [5, 5.41) is 11.7. The number of carboxylic acid groups (broad SMARTS) is 1. The summed E-state index contributed by atoms with van der Waals surface area (Å²) < 4.78 is 10.8. The molecule has 2 rings (SSSR count). The van der Waals surface area contributed by atoms with Crippen molar-refractivity contribution in [1.82, 2.24) is 5.32 Å². The maximum Gasteiger partial charge on any atom is 0.311 e. The number of amides is 1. The van der Waals surface area contributed by atoms with Crippen LogP contribution in [0.4, 0.5) is 0 Å². The van der Waals surface area contributed by atoms with Crippen molar-refractivity contribution in [3.63, 3.8) is 0 Å². The SMILES string of the molecule is Cc1cccc(OCC(C)NC(=O)c2c(C)coc2CC(=O)O)c1. The number of hydrogen-bond donors (Lipinski definition) is 2. The van der Waals surface area contributed by atoms with E-state index in [1.54, 1.807) is 6.92 Å². The third-order valence-corrected chi connectivity index (χ3v) is 3.46. The van der Waals surface area contributed by atoms with Gasteiger partial charge in [0.2, 0.25) is 0 Å². The molecule has 6 nitrogen and oxygen atoms in total. The Morgan fingerprint density at radius 1 is 1.33 bits per heavy atom. The summed E-state index contributed by atoms with van der Waals surface area (Å²) in [5.41, 5.74) is 1.98. The first kappa shape index (κ1) is 17.6. The van der Waals surface area contributed by atoms with Crippen LogP contribution in [0.1, 0.15) is 34.2 Å². The second kappa shape index (κ2) is 7.68. The summed E-state index contributed by atoms with van der Waals surface area (Å²) in [6.45, 7) is 5.81. The lowest BCUT2D eigenvalue weighted by atomic mass is 10.1. The lowest BCUT2D eigenvalue weighted by molar-refractivity contribution is -0.136. The van der Waals surface area contributed by atoms with Crippen LogP contribution >= 0.6 is 0 Å². The van der Waals surface area contributed by atoms with Crippen LogP contribution in [0.3, 0.4) is 0 Å². The first-order chi connectivity index (χ1) is 11.4. The van der Waals surface area contributed by atoms with Crippen LogP contribution in [0.15, 0.2) is 34.9 Å². The molecular weight excluding hydrogens is 310 g/mol. The minimum atomic E-state index is -1.05. The lowest BCUT2D eigenvalue weighted by Crippen LogP contribution is -2.37. The molecule has 1 heterocycles. The van der Waals surface area contributed by atoms with Gasteiger partial charge in [-0.3, -0.25) is 9.59 Å². The number of aliphatic carboxylic acids is 1. The van der Waals surface area contributed by atoms with E-state index in [0.29, 0.717) is 12.2 Å². The van der Waals surface area contributed by atoms with Gasteiger partial charge in [0.1, 0.15) is 24.5 Å². The van der Waals surface area contributed by atoms with Crippen molar-refractivity contribution < 1.29 is 23.8 Å². The predicted molar refractivity (Wildman–Crippen MR) is 88.4 cm³/mol. The quantitative estimate of drug-likeness (QED) is 0.814. The number of nitrogens with one attached hydrogen (secondary N) is 1. The minimum absolute atomic E-state index is 0.157. The number of hydrogen-bond acceptors (Lipinski definition) is 4. The van der Waals surface area contributed by atoms with Gasteiger partial charge in [0.05, 0.1) is 17.9 Å². The Labute approximate surface area is 140 Å². The predicted octanol–water partition coefficient (Wildman–Crippen LogP) is 2.72. The fraction of sp³-hybridized carbons (Fsp3) is 0.333. The van der Waals surface area contributed by atoms with Crippen molar-refractivity contribution in [2.24, 2.45) is 0 Å². The number of aryl methyl sites for hydroxylation is 2. The zero-order valence-electron chi connectivity index (χ0n) is 14.0. The van der Waals surface area contributed by atoms with Gasteiger partial charge >= 0.3 is 5.97 Å². The van der Waals surface area contributed by atoms with Crippen LogP contribution in [0, 0.1) is 13.8 Å². The van der Waals surface area contributed by atoms with Crippen molar-refractivity contribution in [2.75, 3.05) is 6.61 Å². The molecule has 0 saturated carbocycles. The van der Waals surface area contributed by atoms with Crippen LogP contribution in [0.5, 0.6) is 5.75 Å². The number of carboxylic acids is 1. The number of carbonyl (C=O) groups excluding carboxylic acids is 1. The lowest BCUT2D eigenvalue weighted by Gasteiger charge is -2.15. The van der Waals surface area contributed by atoms with Crippen LogP contribution in [-0.4, -0.2) is 29.6 Å². The molecular formula is C18H21NO5. The molecule has 1 amide bonds. The molecule has 2 aromatic rings. The molecule has 0 radical (unpaired) electrons. The molecule has 0 aliphatic heterocycles. The van der Waals surface area contributed by atoms with E-state index in [1.807, 2.05) is 38.1 Å². The van der Waals surface area contributed by atoms with Gasteiger partial charge in [-0.15, -0.1) is 0 Å². The van der Waals surface area contributed by atoms with Gasteiger partial charge in [0, 0.05) is 5.56 Å². The Kier molecular flexibility index (Phi) is 5.63. The van der Waals surface area contributed by atoms with E-state index in [4.69, 9.17) is 14.3 Å². The number of furan rings is 1. The van der Waals surface area contributed by atoms with Gasteiger partial charge in [-0.1, -0.05) is 12.1 Å². The van der Waals surface area contributed by atoms with Crippen LogP contribution in [0.2, 0.25) is 0 Å². The topological polar surface area (TPSA) is 88.8 Å². The third kappa shape index (κ3) is 4.62. The number of carbonyl (C=O) groups is 2. The molecule has 0 aliphatic rings. The van der Waals surface area contributed by atoms with Crippen molar-refractivity contribution in [1.29, 1.82) is 0 Å². The molecule has 1 unspecified atom stereocenters. The van der Waals surface area contributed by atoms with Crippen LogP contribution in [-0.2, 0) is 11.2 Å². The molecule has 1 aromatic heterocycles. The Morgan fingerprint density at radius 3 is 2.75 bits per heavy atom. The van der Waals surface area contributed by atoms with E-state index >= 15 is 0 Å². The Morgan fingerprint density at radius 2 is 2.08 bits per heavy atom. The molecule has 128 valence electrons. The molecule has 0 bridgehead atoms. The monoisotopic (exact) mass is 331 g/mol. The highest BCUT2D eigenvalue weighted by molar-refractivity contribution is 5.97. The number of benzene rings is 1. The number of ether oxygens (including phenoxy) is 1. The standard InChI is InChI=1S/C18H21NO5/c1-11-5-4-6-14(7-11)23-10-13(3)19-18(22)17-12(2)9-24-15(17)8-16(20)21/h4-7,9,13H,8,10H2,1-3H3,(H,19,22)(H,20,21). The van der Waals surface area contributed by atoms with Gasteiger partial charge in [0.15, 0.2) is 0 Å². The van der Waals surface area contributed by atoms with E-state index in [0.717, 1.165) is 11.3 Å². The van der Waals surface area contributed by atoms with Gasteiger partial charge in [0.25, 0.3) is 5.91 Å². The highest BCUT2D eigenvalue weighted by Crippen LogP contribution is 2.18. The van der Waals surface area contributed by atoms with Gasteiger partial charge in [-0.25, -0.2) is 0 Å². The van der Waals surface area contributed by atoms with Gasteiger partial charge < -0.3 is 19.6 Å². The second-order valence-corrected chi connectivity index (χ2v) is 5.79. The molecule has 0 fully saturated rings. The molecule has 6 heteroatoms. The Hall–Kier alpha value is -2.76. The summed E-state index contributed by atoms with van der Waals surface area (Å²) >= 11 is 0. The first-order valence-electron chi connectivity index (χ1n) is 7.66. The Bertz CT molecular complexity index is 735. The van der Waals surface area contributed by atoms with Gasteiger partial charge in [-0.05, 0) is 38.5 Å². The molecule has 1 aromatic carbocycles. The second-order valence-electron chi connectivity index (χ2n) is 5.79. The zero-order chi connectivity index (χ0) is 17.7. The molecule has 24 heavy (non-hydrogen) atoms. The zero-order valence-corrected chi connectivity index (χ0v) is 14.0. The highest BCUT2D eigenvalue weighted by atomic mass is 16.5. The molecule has 0 aliphatic carbocycles. The van der Waals surface area contributed by atoms with E-state index < -0.39 is 5.97 Å². The van der Waals surface area contributed by atoms with Gasteiger partial charge in [-0.2, -0.15) is 0 Å². The fourth-order valence-corrected chi connectivity index (χ4v) is 2.33. The van der Waals surface area contributed by atoms with Crippen LogP contribution in [0.25, 0.3) is 0 Å². The number of rotatable bonds is 7. The third-order valence-electron chi connectivity index (χ3n) is 3.46. The highest BCUT2D eigenvalue weighted by Gasteiger charge is 2.21.